The summed E-state index contributed by atoms with van der Waals surface area (Å²) < 4.78 is 1.69. The van der Waals surface area contributed by atoms with Crippen LogP contribution in [-0.4, -0.2) is 26.9 Å². The van der Waals surface area contributed by atoms with Crippen LogP contribution in [0.1, 0.15) is 60.0 Å². The van der Waals surface area contributed by atoms with E-state index in [0.29, 0.717) is 28.8 Å². The highest BCUT2D eigenvalue weighted by molar-refractivity contribution is 5.96. The zero-order chi connectivity index (χ0) is 24.2. The summed E-state index contributed by atoms with van der Waals surface area (Å²) in [5, 5.41) is 0.562. The molecule has 1 unspecified atom stereocenters. The van der Waals surface area contributed by atoms with E-state index in [1.165, 1.54) is 0 Å². The fraction of sp³-hybridized carbons (Fsp3) is 0.276. The minimum Gasteiger partial charge on any atom is -0.329 e. The smallest absolute Gasteiger partial charge is 0.266 e. The number of hydrogen-bond acceptors (Lipinski definition) is 3. The van der Waals surface area contributed by atoms with Crippen molar-refractivity contribution in [1.82, 2.24) is 14.5 Å². The molecule has 0 saturated carbocycles. The van der Waals surface area contributed by atoms with Gasteiger partial charge in [-0.15, -0.1) is 0 Å². The molecule has 1 heterocycles. The van der Waals surface area contributed by atoms with Crippen LogP contribution in [0.3, 0.4) is 0 Å². The monoisotopic (exact) mass is 453 g/mol. The summed E-state index contributed by atoms with van der Waals surface area (Å²) in [6, 6.07) is 22.4. The van der Waals surface area contributed by atoms with Gasteiger partial charge in [0.2, 0.25) is 0 Å². The van der Waals surface area contributed by atoms with Crippen LogP contribution in [0.2, 0.25) is 0 Å². The third-order valence-electron chi connectivity index (χ3n) is 6.39. The molecule has 34 heavy (non-hydrogen) atoms. The molecule has 5 heteroatoms. The Morgan fingerprint density at radius 1 is 0.941 bits per heavy atom. The number of carbonyl (C=O) groups excluding carboxylic acids is 1. The Labute approximate surface area is 200 Å². The molecule has 0 spiro atoms. The van der Waals surface area contributed by atoms with E-state index in [2.05, 4.69) is 6.92 Å². The van der Waals surface area contributed by atoms with Crippen molar-refractivity contribution < 1.29 is 4.79 Å². The Morgan fingerprint density at radius 3 is 2.29 bits per heavy atom. The van der Waals surface area contributed by atoms with Crippen LogP contribution >= 0.6 is 0 Å². The zero-order valence-electron chi connectivity index (χ0n) is 20.3. The summed E-state index contributed by atoms with van der Waals surface area (Å²) in [4.78, 5) is 34.3. The molecule has 0 N–H and O–H groups in total. The molecule has 5 nitrogen and oxygen atoms in total. The van der Waals surface area contributed by atoms with Gasteiger partial charge in [0, 0.05) is 12.1 Å². The van der Waals surface area contributed by atoms with Crippen molar-refractivity contribution in [3.8, 4) is 5.69 Å². The summed E-state index contributed by atoms with van der Waals surface area (Å²) in [7, 11) is 0. The van der Waals surface area contributed by atoms with E-state index in [0.717, 1.165) is 29.7 Å². The molecule has 1 amide bonds. The predicted molar refractivity (Wildman–Crippen MR) is 138 cm³/mol. The second kappa shape index (κ2) is 10.0. The van der Waals surface area contributed by atoms with Gasteiger partial charge < -0.3 is 4.90 Å². The zero-order valence-corrected chi connectivity index (χ0v) is 20.3. The van der Waals surface area contributed by atoms with Crippen LogP contribution in [-0.2, 0) is 0 Å². The van der Waals surface area contributed by atoms with Crippen LogP contribution in [0.4, 0.5) is 0 Å². The van der Waals surface area contributed by atoms with E-state index in [9.17, 15) is 9.59 Å². The average Bonchev–Trinajstić information content (AvgIpc) is 2.85. The summed E-state index contributed by atoms with van der Waals surface area (Å²) >= 11 is 0. The van der Waals surface area contributed by atoms with Crippen LogP contribution in [0.25, 0.3) is 16.6 Å². The molecule has 4 rings (SSSR count). The van der Waals surface area contributed by atoms with Gasteiger partial charge in [-0.3, -0.25) is 14.2 Å². The first kappa shape index (κ1) is 23.4. The van der Waals surface area contributed by atoms with Gasteiger partial charge in [-0.25, -0.2) is 4.98 Å². The van der Waals surface area contributed by atoms with Gasteiger partial charge in [0.25, 0.3) is 11.5 Å². The number of nitrogens with zero attached hydrogens (tertiary/aromatic N) is 3. The Balaban J connectivity index is 1.93. The molecular formula is C29H31N3O2. The van der Waals surface area contributed by atoms with Gasteiger partial charge in [0.1, 0.15) is 5.82 Å². The van der Waals surface area contributed by atoms with E-state index in [-0.39, 0.29) is 11.5 Å². The number of aryl methyl sites for hydroxylation is 2. The lowest BCUT2D eigenvalue weighted by Crippen LogP contribution is -2.38. The van der Waals surface area contributed by atoms with Gasteiger partial charge >= 0.3 is 0 Å². The molecule has 0 aliphatic carbocycles. The average molecular weight is 454 g/mol. The molecular weight excluding hydrogens is 422 g/mol. The van der Waals surface area contributed by atoms with Crippen molar-refractivity contribution in [2.24, 2.45) is 0 Å². The largest absolute Gasteiger partial charge is 0.329 e. The van der Waals surface area contributed by atoms with Crippen molar-refractivity contribution in [3.63, 3.8) is 0 Å². The third-order valence-corrected chi connectivity index (χ3v) is 6.39. The first-order valence-corrected chi connectivity index (χ1v) is 11.9. The molecule has 0 aliphatic rings. The molecule has 4 aromatic rings. The van der Waals surface area contributed by atoms with E-state index in [1.54, 1.807) is 10.6 Å². The van der Waals surface area contributed by atoms with Gasteiger partial charge in [-0.2, -0.15) is 0 Å². The maximum Gasteiger partial charge on any atom is 0.266 e. The van der Waals surface area contributed by atoms with Crippen molar-refractivity contribution in [2.45, 2.75) is 46.6 Å². The van der Waals surface area contributed by atoms with Crippen molar-refractivity contribution >= 4 is 16.8 Å². The Hall–Kier alpha value is -3.73. The number of para-hydroxylation sites is 2. The lowest BCUT2D eigenvalue weighted by Gasteiger charge is -2.31. The number of fused-ring (bicyclic) bond motifs is 1. The highest BCUT2D eigenvalue weighted by Gasteiger charge is 2.28. The second-order valence-corrected chi connectivity index (χ2v) is 8.76. The quantitative estimate of drug-likeness (QED) is 0.344. The fourth-order valence-electron chi connectivity index (χ4n) is 4.38. The van der Waals surface area contributed by atoms with Crippen LogP contribution < -0.4 is 5.56 Å². The van der Waals surface area contributed by atoms with Crippen molar-refractivity contribution in [1.29, 1.82) is 0 Å². The summed E-state index contributed by atoms with van der Waals surface area (Å²) in [5.74, 6) is 0.522. The first-order chi connectivity index (χ1) is 16.4. The van der Waals surface area contributed by atoms with Gasteiger partial charge in [0.05, 0.1) is 22.6 Å². The molecule has 0 fully saturated rings. The Kier molecular flexibility index (Phi) is 6.92. The number of benzene rings is 3. The SMILES string of the molecule is CCCCN(C(=O)c1ccccc1C)C(C)c1nc2ccccc2c(=O)n1-c1ccccc1C. The molecule has 3 aromatic carbocycles. The summed E-state index contributed by atoms with van der Waals surface area (Å²) in [6.07, 6.45) is 1.82. The van der Waals surface area contributed by atoms with Crippen LogP contribution in [0.5, 0.6) is 0 Å². The van der Waals surface area contributed by atoms with Crippen molar-refractivity contribution in [2.75, 3.05) is 6.54 Å². The molecule has 0 radical (unpaired) electrons. The third kappa shape index (κ3) is 4.38. The normalized spacial score (nSPS) is 12.0. The van der Waals surface area contributed by atoms with Gasteiger partial charge in [-0.05, 0) is 62.6 Å². The van der Waals surface area contributed by atoms with Gasteiger partial charge in [0.15, 0.2) is 0 Å². The number of aromatic nitrogens is 2. The minimum atomic E-state index is -0.407. The number of amides is 1. The predicted octanol–water partition coefficient (Wildman–Crippen LogP) is 6.01. The maximum atomic E-state index is 13.8. The molecule has 0 saturated heterocycles. The lowest BCUT2D eigenvalue weighted by molar-refractivity contribution is 0.0677. The van der Waals surface area contributed by atoms with E-state index in [1.807, 2.05) is 92.4 Å². The van der Waals surface area contributed by atoms with Crippen LogP contribution in [0.15, 0.2) is 77.6 Å². The minimum absolute atomic E-state index is 0.0437. The molecule has 1 aromatic heterocycles. The highest BCUT2D eigenvalue weighted by atomic mass is 16.2. The topological polar surface area (TPSA) is 55.2 Å². The van der Waals surface area contributed by atoms with E-state index in [4.69, 9.17) is 4.98 Å². The van der Waals surface area contributed by atoms with Crippen LogP contribution in [0, 0.1) is 13.8 Å². The molecule has 174 valence electrons. The lowest BCUT2D eigenvalue weighted by atomic mass is 10.1. The van der Waals surface area contributed by atoms with E-state index >= 15 is 0 Å². The molecule has 0 aliphatic heterocycles. The second-order valence-electron chi connectivity index (χ2n) is 8.76. The van der Waals surface area contributed by atoms with E-state index < -0.39 is 6.04 Å². The number of rotatable bonds is 7. The van der Waals surface area contributed by atoms with Gasteiger partial charge in [-0.1, -0.05) is 61.9 Å². The summed E-state index contributed by atoms with van der Waals surface area (Å²) in [5.41, 5.74) is 3.88. The number of unbranched alkanes of at least 4 members (excludes halogenated alkanes) is 1. The first-order valence-electron chi connectivity index (χ1n) is 11.9. The highest BCUT2D eigenvalue weighted by Crippen LogP contribution is 2.26. The number of hydrogen-bond donors (Lipinski definition) is 0. The molecule has 0 bridgehead atoms. The standard InChI is InChI=1S/C29H31N3O2/c1-5-6-19-31(28(33)23-15-9-7-13-20(23)2)22(4)27-30-25-17-11-10-16-24(25)29(34)32(27)26-18-12-8-14-21(26)3/h7-18,22H,5-6,19H2,1-4H3. The fourth-order valence-corrected chi connectivity index (χ4v) is 4.38. The Morgan fingerprint density at radius 2 is 1.59 bits per heavy atom. The number of carbonyl (C=O) groups is 1. The molecule has 1 atom stereocenters. The maximum absolute atomic E-state index is 13.8. The summed E-state index contributed by atoms with van der Waals surface area (Å²) in [6.45, 7) is 8.60. The Bertz CT molecular complexity index is 1390. The van der Waals surface area contributed by atoms with Crippen molar-refractivity contribution in [3.05, 3.63) is 106 Å².